The van der Waals surface area contributed by atoms with Crippen molar-refractivity contribution in [2.75, 3.05) is 11.9 Å². The van der Waals surface area contributed by atoms with Crippen LogP contribution in [-0.2, 0) is 13.5 Å². The Hall–Kier alpha value is -1.44. The van der Waals surface area contributed by atoms with Crippen LogP contribution >= 0.6 is 23.7 Å². The molecular weight excluding hydrogens is 274 g/mol. The van der Waals surface area contributed by atoms with Gasteiger partial charge in [-0.15, -0.1) is 23.7 Å². The number of halogens is 1. The summed E-state index contributed by atoms with van der Waals surface area (Å²) in [6, 6.07) is 1.73. The topological polar surface area (TPSA) is 85.8 Å². The average Bonchev–Trinajstić information content (AvgIpc) is 2.88. The van der Waals surface area contributed by atoms with Gasteiger partial charge in [0, 0.05) is 31.1 Å². The first-order chi connectivity index (χ1) is 8.19. The molecule has 0 saturated heterocycles. The molecule has 0 bridgehead atoms. The number of aromatic nitrogens is 3. The van der Waals surface area contributed by atoms with Crippen molar-refractivity contribution in [1.82, 2.24) is 14.8 Å². The van der Waals surface area contributed by atoms with Crippen LogP contribution in [0.3, 0.4) is 0 Å². The first kappa shape index (κ1) is 14.6. The van der Waals surface area contributed by atoms with Gasteiger partial charge in [0.1, 0.15) is 5.69 Å². The van der Waals surface area contributed by atoms with E-state index in [2.05, 4.69) is 15.4 Å². The largest absolute Gasteiger partial charge is 0.330 e. The molecular formula is C10H14ClN5OS. The lowest BCUT2D eigenvalue weighted by molar-refractivity contribution is 0.102. The highest BCUT2D eigenvalue weighted by Gasteiger charge is 2.11. The summed E-state index contributed by atoms with van der Waals surface area (Å²) in [5.41, 5.74) is 5.83. The quantitative estimate of drug-likeness (QED) is 0.880. The van der Waals surface area contributed by atoms with Crippen LogP contribution in [0.15, 0.2) is 17.6 Å². The van der Waals surface area contributed by atoms with E-state index in [0.717, 1.165) is 5.01 Å². The Morgan fingerprint density at radius 2 is 2.39 bits per heavy atom. The number of nitrogens with two attached hydrogens (primary N) is 1. The Bertz CT molecular complexity index is 524. The first-order valence-electron chi connectivity index (χ1n) is 5.14. The van der Waals surface area contributed by atoms with E-state index in [4.69, 9.17) is 5.73 Å². The number of carbonyl (C=O) groups is 1. The predicted molar refractivity (Wildman–Crippen MR) is 73.3 cm³/mol. The number of rotatable bonds is 4. The normalized spacial score (nSPS) is 9.89. The van der Waals surface area contributed by atoms with E-state index >= 15 is 0 Å². The van der Waals surface area contributed by atoms with Gasteiger partial charge in [-0.05, 0) is 6.54 Å². The molecule has 0 aliphatic rings. The molecule has 0 unspecified atom stereocenters. The van der Waals surface area contributed by atoms with E-state index in [-0.39, 0.29) is 18.3 Å². The van der Waals surface area contributed by atoms with Crippen molar-refractivity contribution in [3.05, 3.63) is 28.3 Å². The zero-order valence-corrected chi connectivity index (χ0v) is 11.4. The van der Waals surface area contributed by atoms with E-state index in [1.807, 2.05) is 0 Å². The van der Waals surface area contributed by atoms with E-state index < -0.39 is 0 Å². The minimum Gasteiger partial charge on any atom is -0.330 e. The van der Waals surface area contributed by atoms with Crippen molar-refractivity contribution in [3.8, 4) is 0 Å². The van der Waals surface area contributed by atoms with Crippen LogP contribution in [-0.4, -0.2) is 27.2 Å². The summed E-state index contributed by atoms with van der Waals surface area (Å²) in [5, 5.41) is 9.34. The maximum absolute atomic E-state index is 11.8. The SMILES string of the molecule is Cl.Cn1ccc(NC(=O)c2csc(CCN)n2)n1. The minimum absolute atomic E-state index is 0. The maximum atomic E-state index is 11.8. The van der Waals surface area contributed by atoms with Crippen LogP contribution in [0, 0.1) is 0 Å². The summed E-state index contributed by atoms with van der Waals surface area (Å²) in [7, 11) is 1.79. The minimum atomic E-state index is -0.247. The van der Waals surface area contributed by atoms with Crippen molar-refractivity contribution in [3.63, 3.8) is 0 Å². The molecule has 3 N–H and O–H groups in total. The van der Waals surface area contributed by atoms with Crippen LogP contribution in [0.1, 0.15) is 15.5 Å². The lowest BCUT2D eigenvalue weighted by Crippen LogP contribution is -2.13. The molecule has 0 aromatic carbocycles. The number of thiazole rings is 1. The number of amides is 1. The molecule has 6 nitrogen and oxygen atoms in total. The number of carbonyl (C=O) groups excluding carboxylic acids is 1. The zero-order valence-electron chi connectivity index (χ0n) is 9.79. The van der Waals surface area contributed by atoms with Crippen LogP contribution < -0.4 is 11.1 Å². The number of hydrogen-bond acceptors (Lipinski definition) is 5. The second-order valence-electron chi connectivity index (χ2n) is 3.49. The predicted octanol–water partition coefficient (Wildman–Crippen LogP) is 1.05. The Labute approximate surface area is 115 Å². The molecule has 8 heteroatoms. The fourth-order valence-electron chi connectivity index (χ4n) is 1.32. The van der Waals surface area contributed by atoms with Crippen molar-refractivity contribution < 1.29 is 4.79 Å². The van der Waals surface area contributed by atoms with E-state index in [9.17, 15) is 4.79 Å². The number of nitrogens with one attached hydrogen (secondary N) is 1. The summed E-state index contributed by atoms with van der Waals surface area (Å²) >= 11 is 1.44. The third kappa shape index (κ3) is 3.52. The van der Waals surface area contributed by atoms with Gasteiger partial charge in [0.05, 0.1) is 5.01 Å². The summed E-state index contributed by atoms with van der Waals surface area (Å²) in [4.78, 5) is 16.0. The van der Waals surface area contributed by atoms with Crippen molar-refractivity contribution in [2.24, 2.45) is 12.8 Å². The highest BCUT2D eigenvalue weighted by Crippen LogP contribution is 2.11. The van der Waals surface area contributed by atoms with Gasteiger partial charge in [0.2, 0.25) is 0 Å². The van der Waals surface area contributed by atoms with Crippen LogP contribution in [0.25, 0.3) is 0 Å². The van der Waals surface area contributed by atoms with Gasteiger partial charge in [0.15, 0.2) is 5.82 Å². The standard InChI is InChI=1S/C10H13N5OS.ClH/c1-15-5-3-8(14-15)13-10(16)7-6-17-9(12-7)2-4-11;/h3,5-6H,2,4,11H2,1H3,(H,13,14,16);1H. The molecule has 2 heterocycles. The van der Waals surface area contributed by atoms with Gasteiger partial charge in [-0.3, -0.25) is 9.48 Å². The molecule has 18 heavy (non-hydrogen) atoms. The van der Waals surface area contributed by atoms with Gasteiger partial charge < -0.3 is 11.1 Å². The van der Waals surface area contributed by atoms with Crippen LogP contribution in [0.4, 0.5) is 5.82 Å². The van der Waals surface area contributed by atoms with Crippen molar-refractivity contribution >= 4 is 35.5 Å². The molecule has 98 valence electrons. The van der Waals surface area contributed by atoms with Gasteiger partial charge >= 0.3 is 0 Å². The Kier molecular flexibility index (Phi) is 5.26. The van der Waals surface area contributed by atoms with Gasteiger partial charge in [-0.1, -0.05) is 0 Å². The molecule has 0 atom stereocenters. The van der Waals surface area contributed by atoms with E-state index in [1.54, 1.807) is 29.4 Å². The van der Waals surface area contributed by atoms with Crippen molar-refractivity contribution in [1.29, 1.82) is 0 Å². The smallest absolute Gasteiger partial charge is 0.276 e. The second kappa shape index (κ2) is 6.48. The fourth-order valence-corrected chi connectivity index (χ4v) is 2.11. The maximum Gasteiger partial charge on any atom is 0.276 e. The van der Waals surface area contributed by atoms with Crippen molar-refractivity contribution in [2.45, 2.75) is 6.42 Å². The number of nitrogens with zero attached hydrogens (tertiary/aromatic N) is 3. The summed E-state index contributed by atoms with van der Waals surface area (Å²) in [5.74, 6) is 0.272. The molecule has 0 fully saturated rings. The molecule has 0 spiro atoms. The Morgan fingerprint density at radius 3 is 3.00 bits per heavy atom. The number of hydrogen-bond donors (Lipinski definition) is 2. The average molecular weight is 288 g/mol. The first-order valence-corrected chi connectivity index (χ1v) is 6.02. The van der Waals surface area contributed by atoms with Gasteiger partial charge in [0.25, 0.3) is 5.91 Å². The van der Waals surface area contributed by atoms with Crippen LogP contribution in [0.5, 0.6) is 0 Å². The zero-order chi connectivity index (χ0) is 12.3. The molecule has 1 amide bonds. The summed E-state index contributed by atoms with van der Waals surface area (Å²) in [6.07, 6.45) is 2.46. The number of anilines is 1. The molecule has 0 aliphatic heterocycles. The van der Waals surface area contributed by atoms with E-state index in [1.165, 1.54) is 11.3 Å². The summed E-state index contributed by atoms with van der Waals surface area (Å²) < 4.78 is 1.62. The fraction of sp³-hybridized carbons (Fsp3) is 0.300. The molecule has 0 aliphatic carbocycles. The Balaban J connectivity index is 0.00000162. The lowest BCUT2D eigenvalue weighted by atomic mass is 10.4. The van der Waals surface area contributed by atoms with Gasteiger partial charge in [-0.2, -0.15) is 5.10 Å². The van der Waals surface area contributed by atoms with Crippen LogP contribution in [0.2, 0.25) is 0 Å². The molecule has 2 aromatic rings. The third-order valence-electron chi connectivity index (χ3n) is 2.10. The highest BCUT2D eigenvalue weighted by molar-refractivity contribution is 7.09. The summed E-state index contributed by atoms with van der Waals surface area (Å²) in [6.45, 7) is 0.537. The number of aryl methyl sites for hydroxylation is 1. The highest BCUT2D eigenvalue weighted by atomic mass is 35.5. The third-order valence-corrected chi connectivity index (χ3v) is 3.01. The van der Waals surface area contributed by atoms with E-state index in [0.29, 0.717) is 24.5 Å². The molecule has 0 saturated carbocycles. The molecule has 0 radical (unpaired) electrons. The Morgan fingerprint density at radius 1 is 1.61 bits per heavy atom. The second-order valence-corrected chi connectivity index (χ2v) is 4.44. The lowest BCUT2D eigenvalue weighted by Gasteiger charge is -1.97. The molecule has 2 rings (SSSR count). The molecule has 2 aromatic heterocycles. The van der Waals surface area contributed by atoms with Gasteiger partial charge in [-0.25, -0.2) is 4.98 Å². The monoisotopic (exact) mass is 287 g/mol.